The number of hydrogen-bond acceptors (Lipinski definition) is 7. The number of ether oxygens (including phenoxy) is 4. The number of rotatable bonds is 13. The zero-order valence-electron chi connectivity index (χ0n) is 32.7. The summed E-state index contributed by atoms with van der Waals surface area (Å²) in [5, 5.41) is 0. The molecule has 1 saturated carbocycles. The SMILES string of the molecule is CCOC(=O)[C@@H](Cc1ccc(OCCN(C(=O)OC(C)(C)C)[C@@H]2C3CN(Cc4ccc(C(F)(F)F)cc4C(F)(F)F)C[C@H]32)cc1)Oc1ccc(C(C)(C)C)cc1. The molecule has 0 radical (unpaired) electrons. The Bertz CT molecular complexity index is 1800. The summed E-state index contributed by atoms with van der Waals surface area (Å²) in [4.78, 5) is 29.6. The van der Waals surface area contributed by atoms with Crippen molar-refractivity contribution in [1.29, 1.82) is 0 Å². The van der Waals surface area contributed by atoms with Crippen LogP contribution in [0.3, 0.4) is 0 Å². The molecule has 1 unspecified atom stereocenters. The quantitative estimate of drug-likeness (QED) is 0.126. The number of halogens is 6. The number of fused-ring (bicyclic) bond motifs is 1. The molecule has 0 bridgehead atoms. The molecule has 0 N–H and O–H groups in total. The molecule has 56 heavy (non-hydrogen) atoms. The van der Waals surface area contributed by atoms with Crippen LogP contribution in [0.5, 0.6) is 11.5 Å². The highest BCUT2D eigenvalue weighted by atomic mass is 19.4. The number of likely N-dealkylation sites (tertiary alicyclic amines) is 1. The molecule has 306 valence electrons. The van der Waals surface area contributed by atoms with E-state index in [9.17, 15) is 35.9 Å². The van der Waals surface area contributed by atoms with Gasteiger partial charge in [0.05, 0.1) is 24.3 Å². The molecule has 2 fully saturated rings. The normalized spacial score (nSPS) is 19.2. The second-order valence-electron chi connectivity index (χ2n) is 16.4. The van der Waals surface area contributed by atoms with Gasteiger partial charge >= 0.3 is 24.4 Å². The van der Waals surface area contributed by atoms with Crippen LogP contribution < -0.4 is 9.47 Å². The first-order valence-electron chi connectivity index (χ1n) is 18.7. The molecule has 1 aliphatic heterocycles. The highest BCUT2D eigenvalue weighted by Crippen LogP contribution is 2.50. The Kier molecular flexibility index (Phi) is 12.6. The van der Waals surface area contributed by atoms with Gasteiger partial charge in [0.1, 0.15) is 23.7 Å². The summed E-state index contributed by atoms with van der Waals surface area (Å²) in [5.74, 6) is 0.512. The van der Waals surface area contributed by atoms with Crippen molar-refractivity contribution in [2.45, 2.75) is 96.9 Å². The number of carbonyl (C=O) groups excluding carboxylic acids is 2. The zero-order valence-corrected chi connectivity index (χ0v) is 32.7. The predicted octanol–water partition coefficient (Wildman–Crippen LogP) is 9.32. The van der Waals surface area contributed by atoms with Crippen molar-refractivity contribution in [3.63, 3.8) is 0 Å². The van der Waals surface area contributed by atoms with E-state index in [1.165, 1.54) is 0 Å². The van der Waals surface area contributed by atoms with Crippen LogP contribution in [0.25, 0.3) is 0 Å². The molecule has 3 aromatic carbocycles. The topological polar surface area (TPSA) is 77.5 Å². The minimum atomic E-state index is -4.95. The van der Waals surface area contributed by atoms with Gasteiger partial charge in [-0.15, -0.1) is 0 Å². The second kappa shape index (κ2) is 16.6. The second-order valence-corrected chi connectivity index (χ2v) is 16.4. The van der Waals surface area contributed by atoms with Crippen molar-refractivity contribution in [2.24, 2.45) is 11.8 Å². The molecule has 1 amide bonds. The molecule has 1 saturated heterocycles. The molecular formula is C42H50F6N2O6. The number of nitrogens with zero attached hydrogens (tertiary/aromatic N) is 2. The van der Waals surface area contributed by atoms with E-state index in [1.807, 2.05) is 36.4 Å². The van der Waals surface area contributed by atoms with Gasteiger partial charge in [0.2, 0.25) is 0 Å². The number of alkyl halides is 6. The fourth-order valence-corrected chi connectivity index (χ4v) is 7.06. The van der Waals surface area contributed by atoms with E-state index >= 15 is 0 Å². The fourth-order valence-electron chi connectivity index (χ4n) is 7.06. The smallest absolute Gasteiger partial charge is 0.416 e. The van der Waals surface area contributed by atoms with Crippen molar-refractivity contribution >= 4 is 12.1 Å². The average Bonchev–Trinajstić information content (AvgIpc) is 3.56. The molecule has 2 aliphatic rings. The van der Waals surface area contributed by atoms with E-state index in [0.717, 1.165) is 17.2 Å². The van der Waals surface area contributed by atoms with E-state index in [0.29, 0.717) is 30.7 Å². The Hall–Kier alpha value is -4.46. The Morgan fingerprint density at radius 2 is 1.39 bits per heavy atom. The van der Waals surface area contributed by atoms with E-state index < -0.39 is 47.2 Å². The molecule has 8 nitrogen and oxygen atoms in total. The van der Waals surface area contributed by atoms with Gasteiger partial charge in [-0.1, -0.05) is 51.1 Å². The third-order valence-electron chi connectivity index (χ3n) is 9.84. The first-order valence-corrected chi connectivity index (χ1v) is 18.7. The number of benzene rings is 3. The van der Waals surface area contributed by atoms with Gasteiger partial charge in [0.15, 0.2) is 6.10 Å². The molecule has 4 atom stereocenters. The van der Waals surface area contributed by atoms with Crippen LogP contribution in [0.2, 0.25) is 0 Å². The number of hydrogen-bond donors (Lipinski definition) is 0. The van der Waals surface area contributed by atoms with Gasteiger partial charge in [-0.25, -0.2) is 9.59 Å². The zero-order chi connectivity index (χ0) is 41.2. The van der Waals surface area contributed by atoms with E-state index in [4.69, 9.17) is 18.9 Å². The lowest BCUT2D eigenvalue weighted by Gasteiger charge is -2.30. The monoisotopic (exact) mass is 792 g/mol. The summed E-state index contributed by atoms with van der Waals surface area (Å²) in [6.07, 6.45) is -11.0. The van der Waals surface area contributed by atoms with Crippen molar-refractivity contribution in [2.75, 3.05) is 32.8 Å². The molecular weight excluding hydrogens is 742 g/mol. The maximum atomic E-state index is 13.8. The number of piperidine rings is 1. The van der Waals surface area contributed by atoms with Crippen LogP contribution in [0, 0.1) is 11.8 Å². The molecule has 0 spiro atoms. The van der Waals surface area contributed by atoms with Crippen LogP contribution in [-0.2, 0) is 45.0 Å². The summed E-state index contributed by atoms with van der Waals surface area (Å²) in [6.45, 7) is 14.4. The molecule has 1 heterocycles. The van der Waals surface area contributed by atoms with Gasteiger partial charge in [-0.2, -0.15) is 26.3 Å². The fraction of sp³-hybridized carbons (Fsp3) is 0.524. The summed E-state index contributed by atoms with van der Waals surface area (Å²) in [6, 6.07) is 16.3. The predicted molar refractivity (Wildman–Crippen MR) is 197 cm³/mol. The van der Waals surface area contributed by atoms with Crippen LogP contribution >= 0.6 is 0 Å². The number of amides is 1. The molecule has 14 heteroatoms. The molecule has 5 rings (SSSR count). The van der Waals surface area contributed by atoms with Crippen LogP contribution in [-0.4, -0.2) is 72.5 Å². The van der Waals surface area contributed by atoms with Crippen LogP contribution in [0.4, 0.5) is 31.1 Å². The minimum Gasteiger partial charge on any atom is -0.492 e. The lowest BCUT2D eigenvalue weighted by molar-refractivity contribution is -0.151. The van der Waals surface area contributed by atoms with Gasteiger partial charge in [-0.3, -0.25) is 4.90 Å². The van der Waals surface area contributed by atoms with E-state index in [1.54, 1.807) is 49.6 Å². The van der Waals surface area contributed by atoms with E-state index in [2.05, 4.69) is 20.8 Å². The van der Waals surface area contributed by atoms with Gasteiger partial charge < -0.3 is 23.8 Å². The summed E-state index contributed by atoms with van der Waals surface area (Å²) >= 11 is 0. The molecule has 1 aliphatic carbocycles. The largest absolute Gasteiger partial charge is 0.492 e. The Morgan fingerprint density at radius 3 is 1.93 bits per heavy atom. The first kappa shape index (κ1) is 42.7. The summed E-state index contributed by atoms with van der Waals surface area (Å²) in [5.41, 5.74) is -1.76. The Morgan fingerprint density at radius 1 is 0.804 bits per heavy atom. The summed E-state index contributed by atoms with van der Waals surface area (Å²) < 4.78 is 104. The molecule has 3 aromatic rings. The minimum absolute atomic E-state index is 0.0328. The van der Waals surface area contributed by atoms with Gasteiger partial charge in [0.25, 0.3) is 0 Å². The maximum absolute atomic E-state index is 13.8. The van der Waals surface area contributed by atoms with Crippen molar-refractivity contribution in [1.82, 2.24) is 9.80 Å². The van der Waals surface area contributed by atoms with Crippen LogP contribution in [0.1, 0.15) is 76.3 Å². The Balaban J connectivity index is 1.19. The van der Waals surface area contributed by atoms with Crippen molar-refractivity contribution in [3.05, 3.63) is 94.5 Å². The van der Waals surface area contributed by atoms with Crippen molar-refractivity contribution < 1.29 is 54.9 Å². The third-order valence-corrected chi connectivity index (χ3v) is 9.84. The van der Waals surface area contributed by atoms with Crippen LogP contribution in [0.15, 0.2) is 66.7 Å². The number of carbonyl (C=O) groups is 2. The first-order chi connectivity index (χ1) is 26.0. The van der Waals surface area contributed by atoms with Gasteiger partial charge in [0, 0.05) is 32.1 Å². The Labute approximate surface area is 324 Å². The highest BCUT2D eigenvalue weighted by Gasteiger charge is 2.60. The van der Waals surface area contributed by atoms with Crippen molar-refractivity contribution in [3.8, 4) is 11.5 Å². The lowest BCUT2D eigenvalue weighted by Crippen LogP contribution is -2.43. The molecule has 0 aromatic heterocycles. The third kappa shape index (κ3) is 11.1. The van der Waals surface area contributed by atoms with Gasteiger partial charge in [-0.05, 0) is 98.0 Å². The highest BCUT2D eigenvalue weighted by molar-refractivity contribution is 5.75. The average molecular weight is 793 g/mol. The number of esters is 1. The van der Waals surface area contributed by atoms with E-state index in [-0.39, 0.29) is 67.6 Å². The lowest BCUT2D eigenvalue weighted by atomic mass is 9.87. The summed E-state index contributed by atoms with van der Waals surface area (Å²) in [7, 11) is 0. The standard InChI is InChI=1S/C42H50F6N2O6/c1-8-53-37(51)35(55-31-17-13-28(14-18-31)39(2,3)4)21-26-9-15-30(16-10-26)54-20-19-50(38(52)56-40(5,6)7)36-32-24-49(25-33(32)36)23-27-11-12-29(41(43,44)45)22-34(27)42(46,47)48/h9-18,22,32-33,35-36H,8,19-21,23-25H2,1-7H3/t32-,33?,35-,36+/m1/s1. The maximum Gasteiger partial charge on any atom is 0.416 e.